The van der Waals surface area contributed by atoms with Gasteiger partial charge in [-0.3, -0.25) is 4.79 Å². The van der Waals surface area contributed by atoms with Crippen LogP contribution in [-0.2, 0) is 4.79 Å². The topological polar surface area (TPSA) is 56.8 Å². The highest BCUT2D eigenvalue weighted by molar-refractivity contribution is 5.94. The van der Waals surface area contributed by atoms with Crippen molar-refractivity contribution in [1.29, 1.82) is 0 Å². The highest BCUT2D eigenvalue weighted by atomic mass is 16.7. The number of carbonyl (C=O) groups excluding carboxylic acids is 1. The molecule has 0 radical (unpaired) electrons. The summed E-state index contributed by atoms with van der Waals surface area (Å²) in [6, 6.07) is 14.5. The lowest BCUT2D eigenvalue weighted by molar-refractivity contribution is -0.122. The van der Waals surface area contributed by atoms with E-state index in [0.29, 0.717) is 17.2 Å². The van der Waals surface area contributed by atoms with Crippen molar-refractivity contribution in [3.8, 4) is 17.2 Å². The van der Waals surface area contributed by atoms with Crippen molar-refractivity contribution in [2.45, 2.75) is 13.0 Å². The van der Waals surface area contributed by atoms with E-state index in [1.807, 2.05) is 30.3 Å². The zero-order valence-electron chi connectivity index (χ0n) is 11.5. The van der Waals surface area contributed by atoms with Gasteiger partial charge in [-0.2, -0.15) is 0 Å². The third kappa shape index (κ3) is 3.08. The Morgan fingerprint density at radius 1 is 1.14 bits per heavy atom. The van der Waals surface area contributed by atoms with Crippen molar-refractivity contribution in [2.75, 3.05) is 12.1 Å². The summed E-state index contributed by atoms with van der Waals surface area (Å²) in [5, 5.41) is 2.79. The first-order chi connectivity index (χ1) is 10.2. The van der Waals surface area contributed by atoms with Crippen LogP contribution in [0.1, 0.15) is 6.92 Å². The van der Waals surface area contributed by atoms with Gasteiger partial charge >= 0.3 is 0 Å². The van der Waals surface area contributed by atoms with Crippen molar-refractivity contribution in [3.63, 3.8) is 0 Å². The highest BCUT2D eigenvalue weighted by Crippen LogP contribution is 2.35. The zero-order chi connectivity index (χ0) is 14.7. The predicted molar refractivity (Wildman–Crippen MR) is 77.7 cm³/mol. The quantitative estimate of drug-likeness (QED) is 0.938. The fraction of sp³-hybridized carbons (Fsp3) is 0.188. The molecule has 1 amide bonds. The number of ether oxygens (including phenoxy) is 3. The molecule has 1 heterocycles. The summed E-state index contributed by atoms with van der Waals surface area (Å²) in [6.45, 7) is 1.91. The number of benzene rings is 2. The maximum atomic E-state index is 12.1. The van der Waals surface area contributed by atoms with Crippen molar-refractivity contribution in [3.05, 3.63) is 48.5 Å². The molecule has 0 bridgehead atoms. The molecule has 0 aliphatic carbocycles. The molecule has 3 rings (SSSR count). The van der Waals surface area contributed by atoms with Gasteiger partial charge in [-0.05, 0) is 31.2 Å². The summed E-state index contributed by atoms with van der Waals surface area (Å²) in [5.41, 5.74) is 0.739. The average molecular weight is 285 g/mol. The van der Waals surface area contributed by atoms with E-state index in [1.165, 1.54) is 0 Å². The maximum absolute atomic E-state index is 12.1. The Morgan fingerprint density at radius 2 is 1.90 bits per heavy atom. The normalized spacial score (nSPS) is 13.6. The minimum atomic E-state index is -0.620. The molecule has 5 heteroatoms. The Labute approximate surface area is 122 Å². The van der Waals surface area contributed by atoms with Gasteiger partial charge in [0, 0.05) is 11.8 Å². The molecule has 0 fully saturated rings. The van der Waals surface area contributed by atoms with Crippen LogP contribution in [0.25, 0.3) is 0 Å². The molecule has 0 saturated carbocycles. The second kappa shape index (κ2) is 5.75. The molecule has 108 valence electrons. The van der Waals surface area contributed by atoms with E-state index in [2.05, 4.69) is 5.32 Å². The average Bonchev–Trinajstić information content (AvgIpc) is 2.95. The minimum Gasteiger partial charge on any atom is -0.481 e. The van der Waals surface area contributed by atoms with Gasteiger partial charge in [-0.15, -0.1) is 0 Å². The molecular formula is C16H15NO4. The molecule has 21 heavy (non-hydrogen) atoms. The Bertz CT molecular complexity index is 642. The Hall–Kier alpha value is -2.69. The largest absolute Gasteiger partial charge is 0.481 e. The second-order valence-electron chi connectivity index (χ2n) is 4.63. The van der Waals surface area contributed by atoms with Crippen molar-refractivity contribution >= 4 is 11.6 Å². The summed E-state index contributed by atoms with van der Waals surface area (Å²) in [4.78, 5) is 12.1. The predicted octanol–water partition coefficient (Wildman–Crippen LogP) is 2.82. The van der Waals surface area contributed by atoms with Crippen LogP contribution in [0.5, 0.6) is 17.2 Å². The van der Waals surface area contributed by atoms with Crippen LogP contribution in [0.3, 0.4) is 0 Å². The van der Waals surface area contributed by atoms with E-state index in [1.54, 1.807) is 25.1 Å². The molecule has 1 N–H and O–H groups in total. The fourth-order valence-electron chi connectivity index (χ4n) is 1.97. The van der Waals surface area contributed by atoms with E-state index in [0.717, 1.165) is 5.69 Å². The fourth-order valence-corrected chi connectivity index (χ4v) is 1.97. The van der Waals surface area contributed by atoms with E-state index in [9.17, 15) is 4.79 Å². The van der Waals surface area contributed by atoms with Crippen LogP contribution in [0.2, 0.25) is 0 Å². The summed E-state index contributed by atoms with van der Waals surface area (Å²) in [5.74, 6) is 1.67. The Balaban J connectivity index is 1.63. The molecule has 0 unspecified atom stereocenters. The van der Waals surface area contributed by atoms with Gasteiger partial charge in [-0.25, -0.2) is 0 Å². The number of amides is 1. The van der Waals surface area contributed by atoms with E-state index >= 15 is 0 Å². The lowest BCUT2D eigenvalue weighted by Gasteiger charge is -2.15. The van der Waals surface area contributed by atoms with Crippen LogP contribution in [-0.4, -0.2) is 18.8 Å². The molecule has 1 atom stereocenters. The zero-order valence-corrected chi connectivity index (χ0v) is 11.5. The van der Waals surface area contributed by atoms with Crippen LogP contribution in [0.15, 0.2) is 48.5 Å². The molecule has 5 nitrogen and oxygen atoms in total. The highest BCUT2D eigenvalue weighted by Gasteiger charge is 2.18. The molecule has 0 spiro atoms. The molecule has 2 aromatic carbocycles. The minimum absolute atomic E-state index is 0.209. The molecule has 1 aliphatic heterocycles. The number of hydrogen-bond acceptors (Lipinski definition) is 4. The van der Waals surface area contributed by atoms with Crippen molar-refractivity contribution in [1.82, 2.24) is 0 Å². The number of anilines is 1. The molecule has 0 aromatic heterocycles. The van der Waals surface area contributed by atoms with Gasteiger partial charge in [0.2, 0.25) is 6.79 Å². The van der Waals surface area contributed by atoms with Crippen LogP contribution >= 0.6 is 0 Å². The van der Waals surface area contributed by atoms with Gasteiger partial charge in [0.15, 0.2) is 17.6 Å². The summed E-state index contributed by atoms with van der Waals surface area (Å²) in [7, 11) is 0. The standard InChI is InChI=1S/C16H15NO4/c1-11(16(18)17-12-5-3-2-4-6-12)21-13-7-8-14-15(9-13)20-10-19-14/h2-9,11H,10H2,1H3,(H,17,18)/t11-/m0/s1. The SMILES string of the molecule is C[C@H](Oc1ccc2c(c1)OCO2)C(=O)Nc1ccccc1. The summed E-state index contributed by atoms with van der Waals surface area (Å²) < 4.78 is 16.1. The summed E-state index contributed by atoms with van der Waals surface area (Å²) in [6.07, 6.45) is -0.620. The second-order valence-corrected chi connectivity index (χ2v) is 4.63. The van der Waals surface area contributed by atoms with Gasteiger partial charge in [0.1, 0.15) is 5.75 Å². The molecule has 0 saturated heterocycles. The monoisotopic (exact) mass is 285 g/mol. The Kier molecular flexibility index (Phi) is 3.64. The first-order valence-corrected chi connectivity index (χ1v) is 6.64. The van der Waals surface area contributed by atoms with Crippen LogP contribution in [0.4, 0.5) is 5.69 Å². The van der Waals surface area contributed by atoms with E-state index < -0.39 is 6.10 Å². The van der Waals surface area contributed by atoms with Gasteiger partial charge in [0.25, 0.3) is 5.91 Å². The van der Waals surface area contributed by atoms with Gasteiger partial charge < -0.3 is 19.5 Å². The third-order valence-corrected chi connectivity index (χ3v) is 3.07. The molecule has 1 aliphatic rings. The number of carbonyl (C=O) groups is 1. The first-order valence-electron chi connectivity index (χ1n) is 6.64. The number of hydrogen-bond donors (Lipinski definition) is 1. The number of fused-ring (bicyclic) bond motifs is 1. The van der Waals surface area contributed by atoms with Crippen molar-refractivity contribution < 1.29 is 19.0 Å². The lowest BCUT2D eigenvalue weighted by Crippen LogP contribution is -2.30. The smallest absolute Gasteiger partial charge is 0.265 e. The number of para-hydroxylation sites is 1. The van der Waals surface area contributed by atoms with Crippen LogP contribution in [0, 0.1) is 0 Å². The first kappa shape index (κ1) is 13.3. The van der Waals surface area contributed by atoms with E-state index in [4.69, 9.17) is 14.2 Å². The molecule has 2 aromatic rings. The van der Waals surface area contributed by atoms with Gasteiger partial charge in [-0.1, -0.05) is 18.2 Å². The maximum Gasteiger partial charge on any atom is 0.265 e. The lowest BCUT2D eigenvalue weighted by atomic mass is 10.3. The molecular weight excluding hydrogens is 270 g/mol. The van der Waals surface area contributed by atoms with Crippen molar-refractivity contribution in [2.24, 2.45) is 0 Å². The summed E-state index contributed by atoms with van der Waals surface area (Å²) >= 11 is 0. The van der Waals surface area contributed by atoms with Gasteiger partial charge in [0.05, 0.1) is 0 Å². The number of rotatable bonds is 4. The number of nitrogens with one attached hydrogen (secondary N) is 1. The van der Waals surface area contributed by atoms with E-state index in [-0.39, 0.29) is 12.7 Å². The van der Waals surface area contributed by atoms with Crippen LogP contribution < -0.4 is 19.5 Å². The Morgan fingerprint density at radius 3 is 2.71 bits per heavy atom. The third-order valence-electron chi connectivity index (χ3n) is 3.07.